The van der Waals surface area contributed by atoms with E-state index in [1.165, 1.54) is 0 Å². The number of hydrogen-bond donors (Lipinski definition) is 1. The predicted octanol–water partition coefficient (Wildman–Crippen LogP) is 4.93. The zero-order chi connectivity index (χ0) is 19.5. The molecule has 2 aromatic carbocycles. The van der Waals surface area contributed by atoms with Crippen molar-refractivity contribution in [3.8, 4) is 11.3 Å². The van der Waals surface area contributed by atoms with Crippen LogP contribution in [0.5, 0.6) is 0 Å². The van der Waals surface area contributed by atoms with E-state index in [1.807, 2.05) is 72.3 Å². The first kappa shape index (κ1) is 17.9. The second-order valence-electron chi connectivity index (χ2n) is 6.58. The van der Waals surface area contributed by atoms with Crippen LogP contribution in [-0.4, -0.2) is 20.7 Å². The fourth-order valence-electron chi connectivity index (χ4n) is 3.36. The summed E-state index contributed by atoms with van der Waals surface area (Å²) in [7, 11) is 0. The number of rotatable bonds is 5. The van der Waals surface area contributed by atoms with Crippen LogP contribution in [0, 0.1) is 0 Å². The Bertz CT molecular complexity index is 1130. The van der Waals surface area contributed by atoms with Crippen molar-refractivity contribution in [3.05, 3.63) is 78.0 Å². The van der Waals surface area contributed by atoms with Crippen molar-refractivity contribution in [1.82, 2.24) is 14.8 Å². The molecule has 28 heavy (non-hydrogen) atoms. The van der Waals surface area contributed by atoms with Crippen LogP contribution < -0.4 is 5.32 Å². The third-order valence-electron chi connectivity index (χ3n) is 4.87. The Morgan fingerprint density at radius 2 is 1.79 bits per heavy atom. The molecule has 0 spiro atoms. The van der Waals surface area contributed by atoms with Crippen molar-refractivity contribution < 1.29 is 4.79 Å². The molecule has 0 bridgehead atoms. The lowest BCUT2D eigenvalue weighted by molar-refractivity contribution is 0.102. The summed E-state index contributed by atoms with van der Waals surface area (Å²) in [6, 6.07) is 19.6. The lowest BCUT2D eigenvalue weighted by atomic mass is 10.1. The minimum Gasteiger partial charge on any atom is -0.322 e. The second kappa shape index (κ2) is 7.64. The number of fused-ring (bicyclic) bond motifs is 1. The SMILES string of the molecule is CCc1ccccc1NC(=O)c1cc(-c2ccccc2)nc2c1cnn2CC. The summed E-state index contributed by atoms with van der Waals surface area (Å²) in [4.78, 5) is 18.0. The van der Waals surface area contributed by atoms with Crippen molar-refractivity contribution in [3.63, 3.8) is 0 Å². The van der Waals surface area contributed by atoms with Gasteiger partial charge in [-0.05, 0) is 31.0 Å². The molecule has 1 amide bonds. The van der Waals surface area contributed by atoms with Gasteiger partial charge in [-0.15, -0.1) is 0 Å². The number of para-hydroxylation sites is 1. The first-order valence-corrected chi connectivity index (χ1v) is 9.52. The molecule has 0 saturated carbocycles. The van der Waals surface area contributed by atoms with Gasteiger partial charge >= 0.3 is 0 Å². The third-order valence-corrected chi connectivity index (χ3v) is 4.87. The average molecular weight is 370 g/mol. The van der Waals surface area contributed by atoms with Gasteiger partial charge in [-0.25, -0.2) is 9.67 Å². The Labute approximate surface area is 164 Å². The molecule has 1 N–H and O–H groups in total. The monoisotopic (exact) mass is 370 g/mol. The maximum atomic E-state index is 13.2. The van der Waals surface area contributed by atoms with E-state index >= 15 is 0 Å². The molecule has 5 heteroatoms. The zero-order valence-corrected chi connectivity index (χ0v) is 16.0. The summed E-state index contributed by atoms with van der Waals surface area (Å²) in [6.07, 6.45) is 2.58. The molecule has 2 aromatic heterocycles. The summed E-state index contributed by atoms with van der Waals surface area (Å²) in [5.74, 6) is -0.152. The third kappa shape index (κ3) is 3.27. The van der Waals surface area contributed by atoms with E-state index in [0.29, 0.717) is 12.1 Å². The minimum atomic E-state index is -0.152. The van der Waals surface area contributed by atoms with Crippen molar-refractivity contribution in [2.75, 3.05) is 5.32 Å². The summed E-state index contributed by atoms with van der Waals surface area (Å²) in [5, 5.41) is 8.24. The van der Waals surface area contributed by atoms with E-state index in [4.69, 9.17) is 4.98 Å². The predicted molar refractivity (Wildman–Crippen MR) is 112 cm³/mol. The van der Waals surface area contributed by atoms with Gasteiger partial charge in [0.1, 0.15) is 0 Å². The van der Waals surface area contributed by atoms with E-state index in [1.54, 1.807) is 6.20 Å². The summed E-state index contributed by atoms with van der Waals surface area (Å²) < 4.78 is 1.82. The largest absolute Gasteiger partial charge is 0.322 e. The fraction of sp³-hybridized carbons (Fsp3) is 0.174. The lowest BCUT2D eigenvalue weighted by Crippen LogP contribution is -2.14. The van der Waals surface area contributed by atoms with Crippen molar-refractivity contribution >= 4 is 22.6 Å². The Balaban J connectivity index is 1.83. The number of anilines is 1. The quantitative estimate of drug-likeness (QED) is 0.542. The zero-order valence-electron chi connectivity index (χ0n) is 16.0. The molecule has 0 saturated heterocycles. The smallest absolute Gasteiger partial charge is 0.256 e. The van der Waals surface area contributed by atoms with Crippen LogP contribution in [0.4, 0.5) is 5.69 Å². The minimum absolute atomic E-state index is 0.152. The Morgan fingerprint density at radius 1 is 1.04 bits per heavy atom. The highest BCUT2D eigenvalue weighted by atomic mass is 16.1. The number of carbonyl (C=O) groups is 1. The van der Waals surface area contributed by atoms with E-state index < -0.39 is 0 Å². The van der Waals surface area contributed by atoms with Gasteiger partial charge in [0.25, 0.3) is 5.91 Å². The summed E-state index contributed by atoms with van der Waals surface area (Å²) in [6.45, 7) is 4.78. The van der Waals surface area contributed by atoms with Crippen LogP contribution in [0.3, 0.4) is 0 Å². The number of aryl methyl sites for hydroxylation is 2. The van der Waals surface area contributed by atoms with Gasteiger partial charge in [-0.2, -0.15) is 5.10 Å². The Kier molecular flexibility index (Phi) is 4.89. The fourth-order valence-corrected chi connectivity index (χ4v) is 3.36. The maximum Gasteiger partial charge on any atom is 0.256 e. The van der Waals surface area contributed by atoms with E-state index in [9.17, 15) is 4.79 Å². The first-order chi connectivity index (χ1) is 13.7. The molecule has 0 aliphatic carbocycles. The molecule has 4 rings (SSSR count). The number of aromatic nitrogens is 3. The molecule has 140 valence electrons. The molecule has 0 unspecified atom stereocenters. The number of nitrogens with zero attached hydrogens (tertiary/aromatic N) is 3. The lowest BCUT2D eigenvalue weighted by Gasteiger charge is -2.12. The highest BCUT2D eigenvalue weighted by Crippen LogP contribution is 2.26. The summed E-state index contributed by atoms with van der Waals surface area (Å²) >= 11 is 0. The van der Waals surface area contributed by atoms with Crippen molar-refractivity contribution in [2.24, 2.45) is 0 Å². The number of hydrogen-bond acceptors (Lipinski definition) is 3. The van der Waals surface area contributed by atoms with Gasteiger partial charge < -0.3 is 5.32 Å². The van der Waals surface area contributed by atoms with E-state index in [-0.39, 0.29) is 5.91 Å². The van der Waals surface area contributed by atoms with Crippen LogP contribution in [0.25, 0.3) is 22.3 Å². The Hall–Kier alpha value is -3.47. The molecular weight excluding hydrogens is 348 g/mol. The standard InChI is InChI=1S/C23H22N4O/c1-3-16-10-8-9-13-20(16)26-23(28)18-14-21(17-11-6-5-7-12-17)25-22-19(18)15-24-27(22)4-2/h5-15H,3-4H2,1-2H3,(H,26,28). The normalized spacial score (nSPS) is 10.9. The van der Waals surface area contributed by atoms with Gasteiger partial charge in [-0.3, -0.25) is 4.79 Å². The molecule has 4 aromatic rings. The van der Waals surface area contributed by atoms with Gasteiger partial charge in [0.2, 0.25) is 0 Å². The maximum absolute atomic E-state index is 13.2. The summed E-state index contributed by atoms with van der Waals surface area (Å²) in [5.41, 5.74) is 4.97. The molecular formula is C23H22N4O. The molecule has 0 fully saturated rings. The molecule has 2 heterocycles. The highest BCUT2D eigenvalue weighted by Gasteiger charge is 2.18. The van der Waals surface area contributed by atoms with Crippen molar-refractivity contribution in [2.45, 2.75) is 26.8 Å². The number of nitrogens with one attached hydrogen (secondary N) is 1. The number of carbonyl (C=O) groups excluding carboxylic acids is 1. The molecule has 0 atom stereocenters. The number of benzene rings is 2. The average Bonchev–Trinajstić information content (AvgIpc) is 3.17. The number of pyridine rings is 1. The van der Waals surface area contributed by atoms with Gasteiger partial charge in [0.05, 0.1) is 22.8 Å². The van der Waals surface area contributed by atoms with E-state index in [2.05, 4.69) is 17.3 Å². The van der Waals surface area contributed by atoms with Gasteiger partial charge in [0.15, 0.2) is 5.65 Å². The molecule has 0 radical (unpaired) electrons. The molecule has 0 aliphatic rings. The number of amides is 1. The topological polar surface area (TPSA) is 59.8 Å². The van der Waals surface area contributed by atoms with E-state index in [0.717, 1.165) is 40.0 Å². The van der Waals surface area contributed by atoms with Crippen LogP contribution in [0.15, 0.2) is 66.9 Å². The Morgan fingerprint density at radius 3 is 2.54 bits per heavy atom. The van der Waals surface area contributed by atoms with Crippen LogP contribution >= 0.6 is 0 Å². The first-order valence-electron chi connectivity index (χ1n) is 9.52. The second-order valence-corrected chi connectivity index (χ2v) is 6.58. The van der Waals surface area contributed by atoms with Crippen LogP contribution in [-0.2, 0) is 13.0 Å². The van der Waals surface area contributed by atoms with Crippen molar-refractivity contribution in [1.29, 1.82) is 0 Å². The highest BCUT2D eigenvalue weighted by molar-refractivity contribution is 6.12. The van der Waals surface area contributed by atoms with Crippen LogP contribution in [0.1, 0.15) is 29.8 Å². The molecule has 5 nitrogen and oxygen atoms in total. The van der Waals surface area contributed by atoms with Gasteiger partial charge in [-0.1, -0.05) is 55.5 Å². The van der Waals surface area contributed by atoms with Crippen LogP contribution in [0.2, 0.25) is 0 Å². The van der Waals surface area contributed by atoms with Gasteiger partial charge in [0, 0.05) is 17.8 Å². The molecule has 0 aliphatic heterocycles.